The fraction of sp³-hybridized carbons (Fsp3) is 0.417. The number of fused-ring (bicyclic) bond motifs is 6. The molecule has 0 saturated carbocycles. The van der Waals surface area contributed by atoms with Crippen LogP contribution in [0.25, 0.3) is 27.8 Å². The highest BCUT2D eigenvalue weighted by atomic mass is 31.2. The molecule has 0 bridgehead atoms. The highest BCUT2D eigenvalue weighted by molar-refractivity contribution is 7.47. The number of hydrogen-bond donors (Lipinski definition) is 3. The topological polar surface area (TPSA) is 235 Å². The number of amides is 1. The highest BCUT2D eigenvalue weighted by Gasteiger charge is 2.46. The van der Waals surface area contributed by atoms with Crippen molar-refractivity contribution >= 4 is 50.2 Å². The lowest BCUT2D eigenvalue weighted by atomic mass is 10.1. The average molecular weight is 661 g/mol. The van der Waals surface area contributed by atoms with Gasteiger partial charge in [-0.1, -0.05) is 11.3 Å². The Labute approximate surface area is 253 Å². The first-order valence-corrected chi connectivity index (χ1v) is 16.4. The molecule has 8 rings (SSSR count). The number of primary amides is 1. The van der Waals surface area contributed by atoms with Gasteiger partial charge in [0.15, 0.2) is 23.0 Å². The van der Waals surface area contributed by atoms with Crippen LogP contribution >= 0.6 is 16.4 Å². The molecule has 3 fully saturated rings. The number of phosphoric ester groups is 1. The highest BCUT2D eigenvalue weighted by Crippen LogP contribution is 2.51. The second kappa shape index (κ2) is 11.1. The Hall–Kier alpha value is -3.48. The number of carbonyl (C=O) groups excluding carboxylic acids is 1. The summed E-state index contributed by atoms with van der Waals surface area (Å²) in [5, 5.41) is 8.20. The van der Waals surface area contributed by atoms with Crippen LogP contribution in [0, 0.1) is 0 Å². The minimum atomic E-state index is -4.65. The van der Waals surface area contributed by atoms with Gasteiger partial charge in [-0.15, -0.1) is 5.10 Å². The second-order valence-corrected chi connectivity index (χ2v) is 13.0. The Morgan fingerprint density at radius 2 is 1.82 bits per heavy atom. The summed E-state index contributed by atoms with van der Waals surface area (Å²) < 4.78 is 52.6. The number of carbonyl (C=O) groups is 1. The van der Waals surface area contributed by atoms with Crippen LogP contribution in [-0.2, 0) is 32.1 Å². The fourth-order valence-corrected chi connectivity index (χ4v) is 7.58. The van der Waals surface area contributed by atoms with E-state index in [1.165, 1.54) is 10.7 Å². The number of imidazole rings is 2. The summed E-state index contributed by atoms with van der Waals surface area (Å²) in [4.78, 5) is 46.5. The summed E-state index contributed by atoms with van der Waals surface area (Å²) in [6.45, 7) is -0.644. The quantitative estimate of drug-likeness (QED) is 0.231. The summed E-state index contributed by atoms with van der Waals surface area (Å²) in [6, 6.07) is 4.86. The fourth-order valence-electron chi connectivity index (χ4n) is 5.83. The van der Waals surface area contributed by atoms with Gasteiger partial charge in [-0.05, 0) is 12.1 Å². The molecule has 6 unspecified atom stereocenters. The maximum atomic E-state index is 13.1. The molecular formula is C24H25N9O10P2. The van der Waals surface area contributed by atoms with Crippen LogP contribution < -0.4 is 5.73 Å². The van der Waals surface area contributed by atoms with E-state index in [-0.39, 0.29) is 30.5 Å². The van der Waals surface area contributed by atoms with Crippen LogP contribution in [0.15, 0.2) is 43.2 Å². The molecule has 19 nitrogen and oxygen atoms in total. The van der Waals surface area contributed by atoms with Gasteiger partial charge in [0.2, 0.25) is 0 Å². The molecule has 0 spiro atoms. The van der Waals surface area contributed by atoms with Gasteiger partial charge in [0.25, 0.3) is 5.91 Å². The maximum Gasteiger partial charge on any atom is 0.472 e. The second-order valence-electron chi connectivity index (χ2n) is 10.6. The summed E-state index contributed by atoms with van der Waals surface area (Å²) in [5.74, 6) is -0.661. The Bertz CT molecular complexity index is 1970. The van der Waals surface area contributed by atoms with E-state index in [4.69, 9.17) is 33.3 Å². The minimum absolute atomic E-state index is 0.121. The molecule has 3 aliphatic heterocycles. The van der Waals surface area contributed by atoms with Gasteiger partial charge < -0.3 is 34.0 Å². The van der Waals surface area contributed by atoms with Crippen LogP contribution in [0.4, 0.5) is 0 Å². The van der Waals surface area contributed by atoms with E-state index in [0.717, 1.165) is 0 Å². The number of phosphoric acid groups is 1. The van der Waals surface area contributed by atoms with Crippen LogP contribution in [0.2, 0.25) is 0 Å². The number of hydrogen-bond acceptors (Lipinski definition) is 14. The summed E-state index contributed by atoms with van der Waals surface area (Å²) in [5.41, 5.74) is 8.08. The predicted octanol–water partition coefficient (Wildman–Crippen LogP) is 1.33. The number of rotatable bonds is 3. The smallest absolute Gasteiger partial charge is 0.366 e. The molecule has 0 aliphatic carbocycles. The normalized spacial score (nSPS) is 32.8. The molecule has 236 valence electrons. The number of nitrogens with zero attached hydrogens (tertiary/aromatic N) is 8. The van der Waals surface area contributed by atoms with Crippen molar-refractivity contribution in [1.82, 2.24) is 38.9 Å². The van der Waals surface area contributed by atoms with Crippen molar-refractivity contribution in [3.8, 4) is 0 Å². The first-order chi connectivity index (χ1) is 21.7. The van der Waals surface area contributed by atoms with Crippen molar-refractivity contribution in [3.05, 3.63) is 48.8 Å². The van der Waals surface area contributed by atoms with Gasteiger partial charge in [0.1, 0.15) is 36.4 Å². The number of nitrogens with two attached hydrogens (primary N) is 1. The lowest BCUT2D eigenvalue weighted by Gasteiger charge is -2.26. The Morgan fingerprint density at radius 1 is 1.00 bits per heavy atom. The third-order valence-corrected chi connectivity index (χ3v) is 9.74. The number of aromatic nitrogens is 8. The zero-order valence-corrected chi connectivity index (χ0v) is 24.8. The maximum absolute atomic E-state index is 13.1. The van der Waals surface area contributed by atoms with Crippen molar-refractivity contribution in [3.63, 3.8) is 0 Å². The third-order valence-electron chi connectivity index (χ3n) is 7.91. The lowest BCUT2D eigenvalue weighted by molar-refractivity contribution is -0.0634. The minimum Gasteiger partial charge on any atom is -0.366 e. The first-order valence-electron chi connectivity index (χ1n) is 13.8. The summed E-state index contributed by atoms with van der Waals surface area (Å²) >= 11 is 0. The van der Waals surface area contributed by atoms with E-state index in [0.29, 0.717) is 22.3 Å². The number of benzene rings is 1. The molecule has 21 heteroatoms. The van der Waals surface area contributed by atoms with Crippen molar-refractivity contribution in [2.75, 3.05) is 13.2 Å². The van der Waals surface area contributed by atoms with Crippen LogP contribution in [0.3, 0.4) is 0 Å². The zero-order valence-electron chi connectivity index (χ0n) is 23.0. The zero-order chi connectivity index (χ0) is 30.9. The average Bonchev–Trinajstić information content (AvgIpc) is 3.83. The SMILES string of the molecule is NC(=O)c1cccc2c1nnn2C1C[C@@H]2OP(O)OCC3OC(n4cnc5c4ncn4ccnc54)C[C@@H]3OP(=O)(O)OCC2O1. The monoisotopic (exact) mass is 661 g/mol. The van der Waals surface area contributed by atoms with E-state index in [1.54, 1.807) is 46.1 Å². The van der Waals surface area contributed by atoms with Gasteiger partial charge in [0.05, 0.1) is 36.7 Å². The van der Waals surface area contributed by atoms with Crippen LogP contribution in [0.1, 0.15) is 35.7 Å². The standard InChI is InChI=1S/C24H25N9O10P2/c25-22(34)12-2-1-3-13-20(12)29-30-33(13)19-6-14-17(41-19)9-39-45(36,37)43-15-7-18(40-16(15)8-38-44(35)42-14)32-11-27-21-23-26-4-5-31(23)10-28-24(21)32/h1-5,10-11,14-19,35H,6-9H2,(H2,25,34)(H,36,37)/t14-,15-,16?,17?,18?,19?,44?/m0/s1. The molecule has 3 saturated heterocycles. The van der Waals surface area contributed by atoms with Gasteiger partial charge in [0, 0.05) is 25.2 Å². The first kappa shape index (κ1) is 29.0. The van der Waals surface area contributed by atoms with Gasteiger partial charge >= 0.3 is 16.4 Å². The Kier molecular flexibility index (Phi) is 7.14. The molecule has 1 amide bonds. The van der Waals surface area contributed by atoms with Gasteiger partial charge in [-0.2, -0.15) is 0 Å². The molecule has 3 aliphatic rings. The van der Waals surface area contributed by atoms with Gasteiger partial charge in [-0.3, -0.25) is 22.8 Å². The van der Waals surface area contributed by atoms with E-state index in [1.807, 2.05) is 0 Å². The van der Waals surface area contributed by atoms with Crippen molar-refractivity contribution in [2.45, 2.75) is 49.7 Å². The molecule has 4 aromatic heterocycles. The van der Waals surface area contributed by atoms with E-state index in [2.05, 4.69) is 25.3 Å². The lowest BCUT2D eigenvalue weighted by Crippen LogP contribution is -2.32. The number of ether oxygens (including phenoxy) is 2. The Balaban J connectivity index is 1.01. The Morgan fingerprint density at radius 3 is 2.69 bits per heavy atom. The molecule has 45 heavy (non-hydrogen) atoms. The summed E-state index contributed by atoms with van der Waals surface area (Å²) in [7, 11) is -7.10. The van der Waals surface area contributed by atoms with Crippen LogP contribution in [0.5, 0.6) is 0 Å². The van der Waals surface area contributed by atoms with Crippen molar-refractivity contribution < 1.29 is 46.7 Å². The van der Waals surface area contributed by atoms with E-state index < -0.39 is 65.8 Å². The van der Waals surface area contributed by atoms with E-state index in [9.17, 15) is 19.1 Å². The molecule has 4 N–H and O–H groups in total. The molecule has 7 heterocycles. The van der Waals surface area contributed by atoms with Crippen molar-refractivity contribution in [2.24, 2.45) is 5.73 Å². The summed E-state index contributed by atoms with van der Waals surface area (Å²) in [6.07, 6.45) is 1.72. The van der Waals surface area contributed by atoms with E-state index >= 15 is 0 Å². The van der Waals surface area contributed by atoms with Crippen LogP contribution in [-0.4, -0.2) is 92.2 Å². The molecule has 1 aromatic carbocycles. The van der Waals surface area contributed by atoms with Crippen molar-refractivity contribution in [1.29, 1.82) is 0 Å². The molecular weight excluding hydrogens is 636 g/mol. The third kappa shape index (κ3) is 5.20. The van der Waals surface area contributed by atoms with Gasteiger partial charge in [-0.25, -0.2) is 24.2 Å². The molecule has 5 aromatic rings. The largest absolute Gasteiger partial charge is 0.472 e. The predicted molar refractivity (Wildman–Crippen MR) is 150 cm³/mol. The molecule has 0 radical (unpaired) electrons. The molecule has 8 atom stereocenters.